The van der Waals surface area contributed by atoms with Crippen LogP contribution in [0.15, 0.2) is 53.4 Å². The lowest BCUT2D eigenvalue weighted by Gasteiger charge is -2.34. The maximum Gasteiger partial charge on any atom is 0.239 e. The maximum absolute atomic E-state index is 12.4. The third-order valence-electron chi connectivity index (χ3n) is 4.29. The van der Waals surface area contributed by atoms with Crippen LogP contribution < -0.4 is 10.2 Å². The van der Waals surface area contributed by atoms with Crippen molar-refractivity contribution in [2.45, 2.75) is 37.0 Å². The van der Waals surface area contributed by atoms with Gasteiger partial charge in [0.25, 0.3) is 0 Å². The summed E-state index contributed by atoms with van der Waals surface area (Å²) in [5.41, 5.74) is 3.54. The Morgan fingerprint density at radius 3 is 2.88 bits per heavy atom. The predicted molar refractivity (Wildman–Crippen MR) is 102 cm³/mol. The van der Waals surface area contributed by atoms with Gasteiger partial charge in [-0.3, -0.25) is 4.79 Å². The van der Waals surface area contributed by atoms with Crippen LogP contribution in [0.2, 0.25) is 0 Å². The van der Waals surface area contributed by atoms with Crippen molar-refractivity contribution < 1.29 is 4.79 Å². The van der Waals surface area contributed by atoms with E-state index in [9.17, 15) is 4.79 Å². The van der Waals surface area contributed by atoms with E-state index in [0.29, 0.717) is 18.3 Å². The fourth-order valence-corrected chi connectivity index (χ4v) is 4.25. The first-order valence-electron chi connectivity index (χ1n) is 8.48. The van der Waals surface area contributed by atoms with Gasteiger partial charge in [0.05, 0.1) is 12.2 Å². The lowest BCUT2D eigenvalue weighted by atomic mass is 10.1. The summed E-state index contributed by atoms with van der Waals surface area (Å²) in [6, 6.07) is 16.6. The third-order valence-corrected chi connectivity index (χ3v) is 5.70. The van der Waals surface area contributed by atoms with E-state index in [0.717, 1.165) is 18.5 Å². The molecule has 0 spiro atoms. The number of para-hydroxylation sites is 1. The molecular weight excluding hydrogens is 316 g/mol. The van der Waals surface area contributed by atoms with Gasteiger partial charge in [-0.15, -0.1) is 11.8 Å². The first kappa shape index (κ1) is 16.9. The molecule has 1 amide bonds. The second kappa shape index (κ2) is 7.75. The number of hydrogen-bond acceptors (Lipinski definition) is 3. The van der Waals surface area contributed by atoms with Crippen LogP contribution in [-0.4, -0.2) is 24.2 Å². The molecule has 1 aliphatic rings. The number of nitrogens with zero attached hydrogens (tertiary/aromatic N) is 1. The summed E-state index contributed by atoms with van der Waals surface area (Å²) in [5, 5.41) is 3.60. The highest BCUT2D eigenvalue weighted by Crippen LogP contribution is 2.39. The van der Waals surface area contributed by atoms with Crippen LogP contribution in [0.4, 0.5) is 5.69 Å². The van der Waals surface area contributed by atoms with E-state index in [-0.39, 0.29) is 5.91 Å². The van der Waals surface area contributed by atoms with Crippen LogP contribution in [0.1, 0.15) is 24.5 Å². The Labute approximate surface area is 148 Å². The number of carbonyl (C=O) groups excluding carboxylic acids is 1. The Balaban J connectivity index is 1.63. The number of rotatable bonds is 5. The smallest absolute Gasteiger partial charge is 0.239 e. The largest absolute Gasteiger partial charge is 0.360 e. The number of amides is 1. The van der Waals surface area contributed by atoms with Crippen molar-refractivity contribution >= 4 is 23.4 Å². The first-order valence-corrected chi connectivity index (χ1v) is 9.36. The zero-order chi connectivity index (χ0) is 16.9. The minimum atomic E-state index is 0.0769. The zero-order valence-electron chi connectivity index (χ0n) is 14.3. The highest BCUT2D eigenvalue weighted by Gasteiger charge is 2.25. The predicted octanol–water partition coefficient (Wildman–Crippen LogP) is 4.00. The van der Waals surface area contributed by atoms with E-state index in [1.54, 1.807) is 0 Å². The highest BCUT2D eigenvalue weighted by molar-refractivity contribution is 8.00. The Morgan fingerprint density at radius 1 is 1.25 bits per heavy atom. The molecule has 1 N–H and O–H groups in total. The van der Waals surface area contributed by atoms with Gasteiger partial charge in [-0.05, 0) is 31.0 Å². The maximum atomic E-state index is 12.4. The molecule has 0 bridgehead atoms. The van der Waals surface area contributed by atoms with Crippen LogP contribution >= 0.6 is 11.8 Å². The normalized spacial score (nSPS) is 16.6. The molecular formula is C20H24N2OS. The average Bonchev–Trinajstić information content (AvgIpc) is 2.60. The zero-order valence-corrected chi connectivity index (χ0v) is 15.1. The molecule has 0 aliphatic carbocycles. The van der Waals surface area contributed by atoms with Crippen LogP contribution in [0.5, 0.6) is 0 Å². The quantitative estimate of drug-likeness (QED) is 0.893. The van der Waals surface area contributed by atoms with Gasteiger partial charge >= 0.3 is 0 Å². The number of hydrogen-bond donors (Lipinski definition) is 1. The van der Waals surface area contributed by atoms with Gasteiger partial charge in [-0.2, -0.15) is 0 Å². The van der Waals surface area contributed by atoms with Gasteiger partial charge in [-0.1, -0.05) is 48.9 Å². The molecule has 2 aromatic rings. The monoisotopic (exact) mass is 340 g/mol. The molecule has 1 unspecified atom stereocenters. The van der Waals surface area contributed by atoms with Crippen LogP contribution in [-0.2, 0) is 11.3 Å². The van der Waals surface area contributed by atoms with E-state index >= 15 is 0 Å². The SMILES string of the molecule is CCC1CN(CC(=O)NCc2cccc(C)c2)c2ccccc2S1. The Hall–Kier alpha value is -1.94. The van der Waals surface area contributed by atoms with Gasteiger partial charge in [0.1, 0.15) is 0 Å². The van der Waals surface area contributed by atoms with Gasteiger partial charge in [0.2, 0.25) is 5.91 Å². The Kier molecular flexibility index (Phi) is 5.46. The molecule has 0 saturated heterocycles. The standard InChI is InChI=1S/C20H24N2OS/c1-3-17-13-22(18-9-4-5-10-19(18)24-17)14-20(23)21-12-16-8-6-7-15(2)11-16/h4-11,17H,3,12-14H2,1-2H3,(H,21,23). The van der Waals surface area contributed by atoms with E-state index in [4.69, 9.17) is 0 Å². The van der Waals surface area contributed by atoms with E-state index in [1.807, 2.05) is 30.0 Å². The molecule has 0 radical (unpaired) electrons. The molecule has 1 heterocycles. The van der Waals surface area contributed by atoms with Gasteiger partial charge in [-0.25, -0.2) is 0 Å². The third kappa shape index (κ3) is 4.12. The molecule has 0 aromatic heterocycles. The van der Waals surface area contributed by atoms with Crippen molar-refractivity contribution in [3.05, 3.63) is 59.7 Å². The molecule has 0 saturated carbocycles. The summed E-state index contributed by atoms with van der Waals surface area (Å²) >= 11 is 1.93. The molecule has 4 heteroatoms. The van der Waals surface area contributed by atoms with E-state index < -0.39 is 0 Å². The molecule has 126 valence electrons. The number of anilines is 1. The number of carbonyl (C=O) groups is 1. The Morgan fingerprint density at radius 2 is 2.08 bits per heavy atom. The lowest BCUT2D eigenvalue weighted by Crippen LogP contribution is -2.42. The summed E-state index contributed by atoms with van der Waals surface area (Å²) in [6.45, 7) is 6.21. The van der Waals surface area contributed by atoms with Crippen LogP contribution in [0, 0.1) is 6.92 Å². The molecule has 0 fully saturated rings. The molecule has 1 aliphatic heterocycles. The first-order chi connectivity index (χ1) is 11.7. The number of aryl methyl sites for hydroxylation is 1. The fraction of sp³-hybridized carbons (Fsp3) is 0.350. The van der Waals surface area contributed by atoms with Gasteiger partial charge in [0, 0.05) is 23.2 Å². The number of benzene rings is 2. The minimum Gasteiger partial charge on any atom is -0.360 e. The number of fused-ring (bicyclic) bond motifs is 1. The van der Waals surface area contributed by atoms with Crippen molar-refractivity contribution in [2.75, 3.05) is 18.0 Å². The van der Waals surface area contributed by atoms with Crippen molar-refractivity contribution in [3.8, 4) is 0 Å². The second-order valence-electron chi connectivity index (χ2n) is 6.26. The highest BCUT2D eigenvalue weighted by atomic mass is 32.2. The lowest BCUT2D eigenvalue weighted by molar-refractivity contribution is -0.119. The van der Waals surface area contributed by atoms with Crippen molar-refractivity contribution in [2.24, 2.45) is 0 Å². The van der Waals surface area contributed by atoms with E-state index in [2.05, 4.69) is 54.4 Å². The van der Waals surface area contributed by atoms with Crippen molar-refractivity contribution in [3.63, 3.8) is 0 Å². The number of nitrogens with one attached hydrogen (secondary N) is 1. The summed E-state index contributed by atoms with van der Waals surface area (Å²) in [6.07, 6.45) is 1.11. The van der Waals surface area contributed by atoms with Gasteiger partial charge in [0.15, 0.2) is 0 Å². The Bertz CT molecular complexity index is 716. The molecule has 3 nitrogen and oxygen atoms in total. The number of thioether (sulfide) groups is 1. The second-order valence-corrected chi connectivity index (χ2v) is 7.60. The molecule has 3 rings (SSSR count). The molecule has 2 aromatic carbocycles. The van der Waals surface area contributed by atoms with Crippen LogP contribution in [0.25, 0.3) is 0 Å². The van der Waals surface area contributed by atoms with Crippen molar-refractivity contribution in [1.82, 2.24) is 5.32 Å². The fourth-order valence-electron chi connectivity index (χ4n) is 2.99. The molecule has 1 atom stereocenters. The average molecular weight is 340 g/mol. The van der Waals surface area contributed by atoms with Gasteiger partial charge < -0.3 is 10.2 Å². The van der Waals surface area contributed by atoms with Crippen LogP contribution in [0.3, 0.4) is 0 Å². The summed E-state index contributed by atoms with van der Waals surface area (Å²) in [7, 11) is 0. The minimum absolute atomic E-state index is 0.0769. The summed E-state index contributed by atoms with van der Waals surface area (Å²) in [4.78, 5) is 15.9. The topological polar surface area (TPSA) is 32.3 Å². The summed E-state index contributed by atoms with van der Waals surface area (Å²) < 4.78 is 0. The van der Waals surface area contributed by atoms with Crippen molar-refractivity contribution in [1.29, 1.82) is 0 Å². The molecule has 24 heavy (non-hydrogen) atoms. The summed E-state index contributed by atoms with van der Waals surface area (Å²) in [5.74, 6) is 0.0769. The van der Waals surface area contributed by atoms with E-state index in [1.165, 1.54) is 16.1 Å².